The highest BCUT2D eigenvalue weighted by molar-refractivity contribution is 6.35. The van der Waals surface area contributed by atoms with Crippen LogP contribution in [0.25, 0.3) is 0 Å². The molecule has 212 valence electrons. The van der Waals surface area contributed by atoms with Gasteiger partial charge in [0.25, 0.3) is 5.91 Å². The molecule has 0 bridgehead atoms. The Morgan fingerprint density at radius 1 is 1.05 bits per heavy atom. The van der Waals surface area contributed by atoms with Crippen LogP contribution >= 0.6 is 23.2 Å². The number of amides is 2. The molecule has 9 heteroatoms. The Morgan fingerprint density at radius 3 is 2.50 bits per heavy atom. The van der Waals surface area contributed by atoms with Gasteiger partial charge in [-0.25, -0.2) is 0 Å². The second kappa shape index (κ2) is 11.6. The summed E-state index contributed by atoms with van der Waals surface area (Å²) in [5, 5.41) is 3.89. The van der Waals surface area contributed by atoms with Crippen molar-refractivity contribution in [3.05, 3.63) is 57.6 Å². The molecule has 1 saturated heterocycles. The molecule has 2 aromatic carbocycles. The number of carbonyl (C=O) groups is 3. The predicted octanol–water partition coefficient (Wildman–Crippen LogP) is 6.39. The van der Waals surface area contributed by atoms with Gasteiger partial charge in [0.15, 0.2) is 0 Å². The highest BCUT2D eigenvalue weighted by Crippen LogP contribution is 2.49. The van der Waals surface area contributed by atoms with E-state index in [4.69, 9.17) is 28.2 Å². The third kappa shape index (κ3) is 5.97. The molecule has 1 saturated carbocycles. The van der Waals surface area contributed by atoms with Gasteiger partial charge in [-0.3, -0.25) is 19.4 Å². The van der Waals surface area contributed by atoms with Crippen LogP contribution in [0.3, 0.4) is 0 Å². The van der Waals surface area contributed by atoms with Gasteiger partial charge in [-0.2, -0.15) is 0 Å². The Balaban J connectivity index is 1.54. The maximum atomic E-state index is 13.7. The van der Waals surface area contributed by atoms with E-state index in [2.05, 4.69) is 24.1 Å². The summed E-state index contributed by atoms with van der Waals surface area (Å²) >= 11 is 12.9. The lowest BCUT2D eigenvalue weighted by Gasteiger charge is -2.41. The summed E-state index contributed by atoms with van der Waals surface area (Å²) in [7, 11) is 0. The van der Waals surface area contributed by atoms with Crippen molar-refractivity contribution in [2.75, 3.05) is 31.1 Å². The number of nitrogens with zero attached hydrogens (tertiary/aromatic N) is 3. The third-order valence-corrected chi connectivity index (χ3v) is 8.72. The van der Waals surface area contributed by atoms with E-state index in [1.165, 1.54) is 26.2 Å². The molecule has 0 spiro atoms. The van der Waals surface area contributed by atoms with Crippen molar-refractivity contribution in [3.63, 3.8) is 0 Å². The van der Waals surface area contributed by atoms with Crippen LogP contribution in [-0.4, -0.2) is 54.4 Å². The van der Waals surface area contributed by atoms with E-state index in [1.54, 1.807) is 41.3 Å². The van der Waals surface area contributed by atoms with Gasteiger partial charge in [0.05, 0.1) is 23.3 Å². The molecule has 3 aliphatic rings. The third-order valence-electron chi connectivity index (χ3n) is 8.16. The summed E-state index contributed by atoms with van der Waals surface area (Å²) in [6.45, 7) is 9.10. The quantitative estimate of drug-likeness (QED) is 0.442. The van der Waals surface area contributed by atoms with Crippen LogP contribution < -0.4 is 10.2 Å². The summed E-state index contributed by atoms with van der Waals surface area (Å²) < 4.78 is 0. The fraction of sp³-hybridized carbons (Fsp3) is 0.484. The van der Waals surface area contributed by atoms with Crippen molar-refractivity contribution in [2.24, 2.45) is 16.3 Å². The van der Waals surface area contributed by atoms with E-state index in [-0.39, 0.29) is 23.0 Å². The molecule has 2 atom stereocenters. The molecular weight excluding hydrogens is 547 g/mol. The van der Waals surface area contributed by atoms with Crippen molar-refractivity contribution in [2.45, 2.75) is 58.9 Å². The van der Waals surface area contributed by atoms with Gasteiger partial charge in [0.2, 0.25) is 5.91 Å². The maximum absolute atomic E-state index is 13.7. The number of Topliss-reactive ketones (excluding diaryl/α,β-unsaturated/α-hetero) is 1. The summed E-state index contributed by atoms with van der Waals surface area (Å²) in [5.41, 5.74) is 2.56. The average Bonchev–Trinajstić information content (AvgIpc) is 3.02. The van der Waals surface area contributed by atoms with Gasteiger partial charge in [-0.05, 0) is 73.7 Å². The molecule has 2 aliphatic heterocycles. The Morgan fingerprint density at radius 2 is 1.80 bits per heavy atom. The molecule has 0 aromatic heterocycles. The summed E-state index contributed by atoms with van der Waals surface area (Å²) in [5.74, 6) is -1.08. The molecular formula is C31H36Cl2N4O3. The Labute approximate surface area is 245 Å². The highest BCUT2D eigenvalue weighted by atomic mass is 35.5. The molecule has 2 heterocycles. The van der Waals surface area contributed by atoms with Crippen LogP contribution in [0.2, 0.25) is 10.0 Å². The van der Waals surface area contributed by atoms with Gasteiger partial charge in [-0.15, -0.1) is 0 Å². The monoisotopic (exact) mass is 582 g/mol. The fourth-order valence-corrected chi connectivity index (χ4v) is 6.87. The van der Waals surface area contributed by atoms with E-state index in [0.29, 0.717) is 57.6 Å². The molecule has 7 nitrogen and oxygen atoms in total. The highest BCUT2D eigenvalue weighted by Gasteiger charge is 2.48. The second-order valence-corrected chi connectivity index (χ2v) is 12.8. The van der Waals surface area contributed by atoms with Crippen LogP contribution in [0.1, 0.15) is 74.8 Å². The number of piperidine rings is 1. The Bertz CT molecular complexity index is 1370. The minimum Gasteiger partial charge on any atom is -0.351 e. The largest absolute Gasteiger partial charge is 0.351 e. The first kappa shape index (κ1) is 28.8. The number of hydrogen-bond donors (Lipinski definition) is 1. The lowest BCUT2D eigenvalue weighted by molar-refractivity contribution is -0.124. The lowest BCUT2D eigenvalue weighted by atomic mass is 9.68. The van der Waals surface area contributed by atoms with Gasteiger partial charge >= 0.3 is 0 Å². The number of likely N-dealkylation sites (tertiary alicyclic amines) is 1. The Hall–Kier alpha value is -2.74. The molecule has 0 radical (unpaired) electrons. The first-order chi connectivity index (χ1) is 19.0. The van der Waals surface area contributed by atoms with Crippen molar-refractivity contribution in [1.82, 2.24) is 10.2 Å². The van der Waals surface area contributed by atoms with Crippen molar-refractivity contribution < 1.29 is 14.4 Å². The van der Waals surface area contributed by atoms with Gasteiger partial charge in [-0.1, -0.05) is 49.5 Å². The number of aliphatic imine (C=N–C) groups is 1. The maximum Gasteiger partial charge on any atom is 0.251 e. The zero-order chi connectivity index (χ0) is 28.6. The summed E-state index contributed by atoms with van der Waals surface area (Å²) in [6, 6.07) is 9.65. The van der Waals surface area contributed by atoms with Gasteiger partial charge < -0.3 is 15.1 Å². The van der Waals surface area contributed by atoms with E-state index in [1.807, 2.05) is 0 Å². The molecule has 40 heavy (non-hydrogen) atoms. The number of benzene rings is 2. The first-order valence-electron chi connectivity index (χ1n) is 14.0. The number of ketones is 1. The predicted molar refractivity (Wildman–Crippen MR) is 160 cm³/mol. The number of hydrogen-bond acceptors (Lipinski definition) is 5. The van der Waals surface area contributed by atoms with Crippen molar-refractivity contribution >= 4 is 57.9 Å². The van der Waals surface area contributed by atoms with E-state index >= 15 is 0 Å². The van der Waals surface area contributed by atoms with E-state index < -0.39 is 12.0 Å². The molecule has 1 N–H and O–H groups in total. The number of halogens is 2. The number of nitrogens with one attached hydrogen (secondary N) is 1. The number of rotatable bonds is 5. The summed E-state index contributed by atoms with van der Waals surface area (Å²) in [4.78, 5) is 49.2. The first-order valence-corrected chi connectivity index (χ1v) is 14.8. The van der Waals surface area contributed by atoms with E-state index in [9.17, 15) is 14.4 Å². The lowest BCUT2D eigenvalue weighted by Crippen LogP contribution is -2.47. The molecule has 2 amide bonds. The average molecular weight is 584 g/mol. The van der Waals surface area contributed by atoms with Crippen molar-refractivity contribution in [1.29, 1.82) is 0 Å². The molecule has 2 aromatic rings. The number of fused-ring (bicyclic) bond motifs is 2. The SMILES string of the molecule is CC(=O)N1c2ccc(C(=O)NCCN3CCCCC3)cc2N=C2CC(C)(C)CC(=O)C2C1c1ccc(Cl)cc1Cl. The fourth-order valence-electron chi connectivity index (χ4n) is 6.35. The van der Waals surface area contributed by atoms with Crippen LogP contribution in [-0.2, 0) is 9.59 Å². The summed E-state index contributed by atoms with van der Waals surface area (Å²) in [6.07, 6.45) is 4.63. The van der Waals surface area contributed by atoms with Crippen LogP contribution in [0, 0.1) is 11.3 Å². The standard InChI is InChI=1S/C31H36Cl2N4O3/c1-19(38)37-26-10-7-20(30(40)34-11-14-36-12-5-4-6-13-36)15-24(26)35-25-17-31(2,3)18-27(39)28(25)29(37)22-9-8-21(32)16-23(22)33/h7-10,15-16,28-29H,4-6,11-14,17-18H2,1-3H3,(H,34,40). The molecule has 2 fully saturated rings. The Kier molecular flexibility index (Phi) is 8.37. The molecule has 2 unspecified atom stereocenters. The normalized spacial score (nSPS) is 22.6. The van der Waals surface area contributed by atoms with Crippen LogP contribution in [0.15, 0.2) is 41.4 Å². The van der Waals surface area contributed by atoms with Crippen LogP contribution in [0.5, 0.6) is 0 Å². The topological polar surface area (TPSA) is 82.1 Å². The second-order valence-electron chi connectivity index (χ2n) is 11.9. The van der Waals surface area contributed by atoms with Gasteiger partial charge in [0, 0.05) is 47.8 Å². The molecule has 1 aliphatic carbocycles. The number of anilines is 1. The zero-order valence-corrected chi connectivity index (χ0v) is 24.8. The zero-order valence-electron chi connectivity index (χ0n) is 23.3. The van der Waals surface area contributed by atoms with E-state index in [0.717, 1.165) is 19.6 Å². The smallest absolute Gasteiger partial charge is 0.251 e. The minimum absolute atomic E-state index is 0.0146. The van der Waals surface area contributed by atoms with Crippen molar-refractivity contribution in [3.8, 4) is 0 Å². The van der Waals surface area contributed by atoms with Gasteiger partial charge in [0.1, 0.15) is 5.78 Å². The minimum atomic E-state index is -0.685. The number of carbonyl (C=O) groups excluding carboxylic acids is 3. The molecule has 5 rings (SSSR count). The van der Waals surface area contributed by atoms with Crippen LogP contribution in [0.4, 0.5) is 11.4 Å².